The van der Waals surface area contributed by atoms with E-state index < -0.39 is 0 Å². The van der Waals surface area contributed by atoms with Crippen molar-refractivity contribution in [2.45, 2.75) is 20.8 Å². The summed E-state index contributed by atoms with van der Waals surface area (Å²) in [5.41, 5.74) is 9.09. The average molecular weight is 382 g/mol. The Labute approximate surface area is 173 Å². The van der Waals surface area contributed by atoms with Gasteiger partial charge < -0.3 is 4.74 Å². The van der Waals surface area contributed by atoms with Crippen molar-refractivity contribution in [2.75, 3.05) is 7.11 Å². The number of pyridine rings is 1. The first-order chi connectivity index (χ1) is 14.0. The van der Waals surface area contributed by atoms with Crippen LogP contribution in [-0.4, -0.2) is 12.1 Å². The maximum absolute atomic E-state index is 5.80. The third-order valence-electron chi connectivity index (χ3n) is 4.92. The highest BCUT2D eigenvalue weighted by atomic mass is 16.5. The summed E-state index contributed by atoms with van der Waals surface area (Å²) >= 11 is 0. The minimum absolute atomic E-state index is 0.726. The Morgan fingerprint density at radius 3 is 2.00 bits per heavy atom. The molecule has 0 aliphatic rings. The van der Waals surface area contributed by atoms with Gasteiger partial charge in [0.05, 0.1) is 12.8 Å². The molecule has 0 spiro atoms. The Hall–Kier alpha value is -3.39. The van der Waals surface area contributed by atoms with Gasteiger partial charge in [0.2, 0.25) is 0 Å². The lowest BCUT2D eigenvalue weighted by Gasteiger charge is -2.18. The molecule has 0 N–H and O–H groups in total. The van der Waals surface area contributed by atoms with Crippen molar-refractivity contribution >= 4 is 17.7 Å². The fourth-order valence-corrected chi connectivity index (χ4v) is 3.48. The van der Waals surface area contributed by atoms with E-state index in [1.165, 1.54) is 16.7 Å². The monoisotopic (exact) mass is 381 g/mol. The molecule has 146 valence electrons. The zero-order valence-corrected chi connectivity index (χ0v) is 17.6. The van der Waals surface area contributed by atoms with Crippen LogP contribution in [0.25, 0.3) is 40.1 Å². The van der Waals surface area contributed by atoms with E-state index in [1.54, 1.807) is 7.11 Å². The molecule has 1 aromatic heterocycles. The fourth-order valence-electron chi connectivity index (χ4n) is 3.48. The van der Waals surface area contributed by atoms with Crippen LogP contribution in [0, 0.1) is 6.92 Å². The van der Waals surface area contributed by atoms with E-state index in [1.807, 2.05) is 32.1 Å². The van der Waals surface area contributed by atoms with Gasteiger partial charge in [-0.2, -0.15) is 0 Å². The fraction of sp³-hybridized carbons (Fsp3) is 0.148. The number of hydrogen-bond acceptors (Lipinski definition) is 2. The molecule has 0 fully saturated rings. The van der Waals surface area contributed by atoms with Gasteiger partial charge in [-0.1, -0.05) is 79.4 Å². The van der Waals surface area contributed by atoms with Crippen molar-refractivity contribution in [3.8, 4) is 28.1 Å². The number of allylic oxidation sites excluding steroid dienone is 2. The molecule has 0 amide bonds. The minimum Gasteiger partial charge on any atom is -0.494 e. The summed E-state index contributed by atoms with van der Waals surface area (Å²) in [5, 5.41) is 0. The number of hydrogen-bond donors (Lipinski definition) is 0. The third-order valence-corrected chi connectivity index (χ3v) is 4.92. The number of benzene rings is 2. The predicted octanol–water partition coefficient (Wildman–Crippen LogP) is 7.44. The van der Waals surface area contributed by atoms with Crippen LogP contribution in [0.1, 0.15) is 36.2 Å². The van der Waals surface area contributed by atoms with Gasteiger partial charge in [0.15, 0.2) is 5.75 Å². The van der Waals surface area contributed by atoms with Gasteiger partial charge in [-0.05, 0) is 43.5 Å². The Kier molecular flexibility index (Phi) is 6.13. The predicted molar refractivity (Wildman–Crippen MR) is 126 cm³/mol. The molecule has 0 bridgehead atoms. The van der Waals surface area contributed by atoms with Crippen LogP contribution in [-0.2, 0) is 0 Å². The Bertz CT molecular complexity index is 1070. The van der Waals surface area contributed by atoms with Gasteiger partial charge >= 0.3 is 0 Å². The molecule has 2 aromatic carbocycles. The zero-order chi connectivity index (χ0) is 21.0. The van der Waals surface area contributed by atoms with Crippen LogP contribution in [0.3, 0.4) is 0 Å². The molecule has 3 aromatic rings. The van der Waals surface area contributed by atoms with Crippen molar-refractivity contribution in [1.29, 1.82) is 0 Å². The van der Waals surface area contributed by atoms with Gasteiger partial charge in [-0.25, -0.2) is 4.98 Å². The molecule has 3 rings (SSSR count). The lowest BCUT2D eigenvalue weighted by atomic mass is 9.95. The van der Waals surface area contributed by atoms with Gasteiger partial charge in [0.1, 0.15) is 5.69 Å². The van der Waals surface area contributed by atoms with E-state index in [2.05, 4.69) is 68.6 Å². The number of rotatable bonds is 6. The van der Waals surface area contributed by atoms with E-state index >= 15 is 0 Å². The second-order valence-electron chi connectivity index (χ2n) is 7.10. The summed E-state index contributed by atoms with van der Waals surface area (Å²) in [6.07, 6.45) is 5.79. The van der Waals surface area contributed by atoms with E-state index in [0.717, 1.165) is 39.4 Å². The summed E-state index contributed by atoms with van der Waals surface area (Å²) in [7, 11) is 1.68. The van der Waals surface area contributed by atoms with Crippen LogP contribution in [0.5, 0.6) is 5.75 Å². The molecule has 0 aliphatic carbocycles. The van der Waals surface area contributed by atoms with Crippen LogP contribution in [0.15, 0.2) is 67.8 Å². The topological polar surface area (TPSA) is 22.1 Å². The first-order valence-corrected chi connectivity index (χ1v) is 9.70. The number of nitrogens with zero attached hydrogens (tertiary/aromatic N) is 1. The van der Waals surface area contributed by atoms with E-state index in [4.69, 9.17) is 9.72 Å². The van der Waals surface area contributed by atoms with Crippen LogP contribution < -0.4 is 4.74 Å². The summed E-state index contributed by atoms with van der Waals surface area (Å²) in [6.45, 7) is 14.2. The number of aromatic nitrogens is 1. The summed E-state index contributed by atoms with van der Waals surface area (Å²) in [5.74, 6) is 0.726. The van der Waals surface area contributed by atoms with Gasteiger partial charge in [0.25, 0.3) is 0 Å². The smallest absolute Gasteiger partial charge is 0.153 e. The molecule has 0 atom stereocenters. The van der Waals surface area contributed by atoms with E-state index in [9.17, 15) is 0 Å². The highest BCUT2D eigenvalue weighted by Gasteiger charge is 2.19. The standard InChI is InChI=1S/C27H27NO/c1-7-9-24-23(8-2)25(18(3)4)27(29-6)26(28-24)22-16-14-21(15-17-22)20-12-10-19(5)11-13-20/h7-17H,2-3H2,1,4-6H3/b9-7-. The molecule has 2 nitrogen and oxygen atoms in total. The van der Waals surface area contributed by atoms with Crippen molar-refractivity contribution in [1.82, 2.24) is 4.98 Å². The highest BCUT2D eigenvalue weighted by Crippen LogP contribution is 2.39. The van der Waals surface area contributed by atoms with Gasteiger partial charge in [-0.3, -0.25) is 0 Å². The van der Waals surface area contributed by atoms with E-state index in [0.29, 0.717) is 0 Å². The summed E-state index contributed by atoms with van der Waals surface area (Å²) < 4.78 is 5.80. The number of ether oxygens (including phenoxy) is 1. The third kappa shape index (κ3) is 4.07. The van der Waals surface area contributed by atoms with Crippen LogP contribution in [0.4, 0.5) is 0 Å². The van der Waals surface area contributed by atoms with E-state index in [-0.39, 0.29) is 0 Å². The quantitative estimate of drug-likeness (QED) is 0.442. The lowest BCUT2D eigenvalue weighted by Crippen LogP contribution is -2.02. The molecule has 1 heterocycles. The Morgan fingerprint density at radius 2 is 1.52 bits per heavy atom. The SMILES string of the molecule is C=Cc1c(/C=C\C)nc(-c2ccc(-c3ccc(C)cc3)cc2)c(OC)c1C(=C)C. The molecule has 0 saturated heterocycles. The maximum atomic E-state index is 5.80. The molecule has 0 saturated carbocycles. The number of methoxy groups -OCH3 is 1. The van der Waals surface area contributed by atoms with Gasteiger partial charge in [-0.15, -0.1) is 0 Å². The summed E-state index contributed by atoms with van der Waals surface area (Å²) in [6, 6.07) is 17.0. The molecule has 0 unspecified atom stereocenters. The Balaban J connectivity index is 2.18. The first kappa shape index (κ1) is 20.3. The largest absolute Gasteiger partial charge is 0.494 e. The van der Waals surface area contributed by atoms with Gasteiger partial charge in [0, 0.05) is 16.7 Å². The second kappa shape index (κ2) is 8.74. The normalized spacial score (nSPS) is 10.9. The molecule has 2 heteroatoms. The van der Waals surface area contributed by atoms with Crippen molar-refractivity contribution in [3.05, 3.63) is 90.1 Å². The van der Waals surface area contributed by atoms with Crippen LogP contribution >= 0.6 is 0 Å². The second-order valence-corrected chi connectivity index (χ2v) is 7.10. The summed E-state index contributed by atoms with van der Waals surface area (Å²) in [4.78, 5) is 4.91. The number of aryl methyl sites for hydroxylation is 1. The maximum Gasteiger partial charge on any atom is 0.153 e. The van der Waals surface area contributed by atoms with Crippen LogP contribution in [0.2, 0.25) is 0 Å². The highest BCUT2D eigenvalue weighted by molar-refractivity contribution is 5.86. The average Bonchev–Trinajstić information content (AvgIpc) is 2.73. The zero-order valence-electron chi connectivity index (χ0n) is 17.6. The molecular formula is C27H27NO. The van der Waals surface area contributed by atoms with Crippen molar-refractivity contribution in [2.24, 2.45) is 0 Å². The minimum atomic E-state index is 0.726. The van der Waals surface area contributed by atoms with Crippen molar-refractivity contribution < 1.29 is 4.74 Å². The molecule has 0 radical (unpaired) electrons. The molecular weight excluding hydrogens is 354 g/mol. The molecule has 0 aliphatic heterocycles. The molecule has 29 heavy (non-hydrogen) atoms. The Morgan fingerprint density at radius 1 is 0.966 bits per heavy atom. The first-order valence-electron chi connectivity index (χ1n) is 9.70. The van der Waals surface area contributed by atoms with Crippen molar-refractivity contribution in [3.63, 3.8) is 0 Å². The lowest BCUT2D eigenvalue weighted by molar-refractivity contribution is 0.413.